The molecule has 0 amide bonds. The highest BCUT2D eigenvalue weighted by atomic mass is 16.1. The maximum Gasteiger partial charge on any atom is 0.326 e. The maximum atomic E-state index is 10.5. The molecule has 0 saturated heterocycles. The van der Waals surface area contributed by atoms with Crippen molar-refractivity contribution in [1.29, 1.82) is 0 Å². The van der Waals surface area contributed by atoms with Gasteiger partial charge in [-0.25, -0.2) is 9.59 Å². The summed E-state index contributed by atoms with van der Waals surface area (Å²) >= 11 is 0. The van der Waals surface area contributed by atoms with Crippen LogP contribution in [0.25, 0.3) is 11.3 Å². The Morgan fingerprint density at radius 1 is 0.700 bits per heavy atom. The lowest BCUT2D eigenvalue weighted by atomic mass is 10.8. The third-order valence-electron chi connectivity index (χ3n) is 1.20. The first-order valence-electron chi connectivity index (χ1n) is 2.66. The SMILES string of the molecule is O=c1[nH]c2[nH]c(=O)[nH]c2[nH]1. The zero-order valence-electron chi connectivity index (χ0n) is 4.82. The Balaban J connectivity index is 3.09. The van der Waals surface area contributed by atoms with E-state index in [1.54, 1.807) is 0 Å². The summed E-state index contributed by atoms with van der Waals surface area (Å²) in [5, 5.41) is 0. The predicted molar refractivity (Wildman–Crippen MR) is 33.9 cm³/mol. The van der Waals surface area contributed by atoms with Gasteiger partial charge in [0.2, 0.25) is 0 Å². The number of hydrogen-bond donors (Lipinski definition) is 4. The van der Waals surface area contributed by atoms with E-state index in [9.17, 15) is 9.59 Å². The Kier molecular flexibility index (Phi) is 0.717. The summed E-state index contributed by atoms with van der Waals surface area (Å²) in [7, 11) is 0. The summed E-state index contributed by atoms with van der Waals surface area (Å²) in [6.07, 6.45) is 0. The Bertz CT molecular complexity index is 378. The van der Waals surface area contributed by atoms with Gasteiger partial charge in [-0.3, -0.25) is 19.9 Å². The van der Waals surface area contributed by atoms with Crippen molar-refractivity contribution in [2.24, 2.45) is 0 Å². The Morgan fingerprint density at radius 3 is 1.30 bits per heavy atom. The van der Waals surface area contributed by atoms with Gasteiger partial charge < -0.3 is 0 Å². The molecule has 52 valence electrons. The molecule has 0 unspecified atom stereocenters. The molecule has 2 heterocycles. The van der Waals surface area contributed by atoms with Crippen molar-refractivity contribution in [3.05, 3.63) is 21.0 Å². The summed E-state index contributed by atoms with van der Waals surface area (Å²) < 4.78 is 0. The molecule has 2 rings (SSSR count). The summed E-state index contributed by atoms with van der Waals surface area (Å²) in [6, 6.07) is 0. The number of rotatable bonds is 0. The molecule has 0 atom stereocenters. The molecule has 2 aromatic heterocycles. The van der Waals surface area contributed by atoms with Crippen LogP contribution in [0.3, 0.4) is 0 Å². The average Bonchev–Trinajstić information content (AvgIpc) is 2.21. The number of fused-ring (bicyclic) bond motifs is 1. The molecule has 0 saturated carbocycles. The normalized spacial score (nSPS) is 10.8. The van der Waals surface area contributed by atoms with Crippen LogP contribution in [0.5, 0.6) is 0 Å². The highest BCUT2D eigenvalue weighted by Gasteiger charge is 1.98. The monoisotopic (exact) mass is 140 g/mol. The molecule has 2 aromatic rings. The zero-order chi connectivity index (χ0) is 7.14. The molecule has 0 aliphatic heterocycles. The predicted octanol–water partition coefficient (Wildman–Crippen LogP) is -1.13. The van der Waals surface area contributed by atoms with Crippen LogP contribution >= 0.6 is 0 Å². The topological polar surface area (TPSA) is 97.3 Å². The zero-order valence-corrected chi connectivity index (χ0v) is 4.82. The van der Waals surface area contributed by atoms with Gasteiger partial charge in [-0.2, -0.15) is 0 Å². The van der Waals surface area contributed by atoms with E-state index in [0.29, 0.717) is 11.3 Å². The molecule has 0 radical (unpaired) electrons. The largest absolute Gasteiger partial charge is 0.326 e. The molecule has 10 heavy (non-hydrogen) atoms. The van der Waals surface area contributed by atoms with Crippen molar-refractivity contribution in [2.45, 2.75) is 0 Å². The lowest BCUT2D eigenvalue weighted by Crippen LogP contribution is -2.06. The van der Waals surface area contributed by atoms with Crippen molar-refractivity contribution >= 4 is 11.3 Å². The van der Waals surface area contributed by atoms with Gasteiger partial charge >= 0.3 is 11.4 Å². The fourth-order valence-corrected chi connectivity index (χ4v) is 0.829. The standard InChI is InChI=1S/C4H4N4O2/c9-3-5-1-2(7-3)8-4(10)6-1/h(H2,5,7,9)(H2,6,8,10). The first-order valence-corrected chi connectivity index (χ1v) is 2.66. The summed E-state index contributed by atoms with van der Waals surface area (Å²) in [5.74, 6) is 0. The van der Waals surface area contributed by atoms with Gasteiger partial charge in [0, 0.05) is 0 Å². The lowest BCUT2D eigenvalue weighted by molar-refractivity contribution is 1.12. The van der Waals surface area contributed by atoms with E-state index in [4.69, 9.17) is 0 Å². The van der Waals surface area contributed by atoms with Gasteiger partial charge in [-0.1, -0.05) is 0 Å². The van der Waals surface area contributed by atoms with Crippen molar-refractivity contribution < 1.29 is 0 Å². The molecule has 0 bridgehead atoms. The number of imidazole rings is 2. The Morgan fingerprint density at radius 2 is 1.00 bits per heavy atom. The minimum absolute atomic E-state index is 0.336. The minimum atomic E-state index is -0.336. The second-order valence-electron chi connectivity index (χ2n) is 1.91. The Labute approximate surface area is 53.3 Å². The third-order valence-corrected chi connectivity index (χ3v) is 1.20. The van der Waals surface area contributed by atoms with Crippen LogP contribution in [-0.4, -0.2) is 19.9 Å². The van der Waals surface area contributed by atoms with Crippen LogP contribution in [0.4, 0.5) is 0 Å². The quantitative estimate of drug-likeness (QED) is 0.372. The van der Waals surface area contributed by atoms with E-state index in [-0.39, 0.29) is 11.4 Å². The molecule has 6 heteroatoms. The molecular weight excluding hydrogens is 136 g/mol. The summed E-state index contributed by atoms with van der Waals surface area (Å²) in [6.45, 7) is 0. The molecule has 4 N–H and O–H groups in total. The third kappa shape index (κ3) is 0.524. The van der Waals surface area contributed by atoms with E-state index < -0.39 is 0 Å². The van der Waals surface area contributed by atoms with Gasteiger partial charge in [0.05, 0.1) is 0 Å². The highest BCUT2D eigenvalue weighted by Crippen LogP contribution is 1.91. The molecule has 0 aromatic carbocycles. The van der Waals surface area contributed by atoms with Gasteiger partial charge in [0.1, 0.15) is 0 Å². The van der Waals surface area contributed by atoms with Crippen LogP contribution < -0.4 is 11.4 Å². The molecule has 6 nitrogen and oxygen atoms in total. The fourth-order valence-electron chi connectivity index (χ4n) is 0.829. The maximum absolute atomic E-state index is 10.5. The number of aromatic nitrogens is 4. The van der Waals surface area contributed by atoms with E-state index >= 15 is 0 Å². The molecule has 0 spiro atoms. The first kappa shape index (κ1) is 5.10. The number of aromatic amines is 4. The Hall–Kier alpha value is -1.72. The molecular formula is C4H4N4O2. The second kappa shape index (κ2) is 1.41. The van der Waals surface area contributed by atoms with Crippen molar-refractivity contribution in [3.63, 3.8) is 0 Å². The van der Waals surface area contributed by atoms with E-state index in [1.165, 1.54) is 0 Å². The fraction of sp³-hybridized carbons (Fsp3) is 0. The number of H-pyrrole nitrogens is 4. The summed E-state index contributed by atoms with van der Waals surface area (Å²) in [4.78, 5) is 30.5. The molecule has 0 aliphatic carbocycles. The van der Waals surface area contributed by atoms with Gasteiger partial charge in [0.15, 0.2) is 11.3 Å². The number of nitrogens with one attached hydrogen (secondary N) is 4. The van der Waals surface area contributed by atoms with Crippen LogP contribution in [0, 0.1) is 0 Å². The van der Waals surface area contributed by atoms with Crippen LogP contribution in [0.1, 0.15) is 0 Å². The summed E-state index contributed by atoms with van der Waals surface area (Å²) in [5.41, 5.74) is 0.125. The van der Waals surface area contributed by atoms with E-state index in [1.807, 2.05) is 0 Å². The van der Waals surface area contributed by atoms with Gasteiger partial charge in [0.25, 0.3) is 0 Å². The van der Waals surface area contributed by atoms with Crippen molar-refractivity contribution in [1.82, 2.24) is 19.9 Å². The molecule has 0 aliphatic rings. The lowest BCUT2D eigenvalue weighted by Gasteiger charge is -1.64. The highest BCUT2D eigenvalue weighted by molar-refractivity contribution is 5.63. The van der Waals surface area contributed by atoms with Crippen LogP contribution in [0.15, 0.2) is 9.59 Å². The van der Waals surface area contributed by atoms with E-state index in [0.717, 1.165) is 0 Å². The minimum Gasteiger partial charge on any atom is -0.290 e. The van der Waals surface area contributed by atoms with Crippen molar-refractivity contribution in [3.8, 4) is 0 Å². The van der Waals surface area contributed by atoms with Crippen molar-refractivity contribution in [2.75, 3.05) is 0 Å². The number of hydrogen-bond acceptors (Lipinski definition) is 2. The average molecular weight is 140 g/mol. The van der Waals surface area contributed by atoms with Gasteiger partial charge in [-0.15, -0.1) is 0 Å². The smallest absolute Gasteiger partial charge is 0.290 e. The second-order valence-corrected chi connectivity index (χ2v) is 1.91. The van der Waals surface area contributed by atoms with E-state index in [2.05, 4.69) is 19.9 Å². The van der Waals surface area contributed by atoms with Crippen LogP contribution in [0.2, 0.25) is 0 Å². The van der Waals surface area contributed by atoms with Crippen LogP contribution in [-0.2, 0) is 0 Å². The molecule has 0 fully saturated rings. The first-order chi connectivity index (χ1) is 4.75. The van der Waals surface area contributed by atoms with Gasteiger partial charge in [-0.05, 0) is 0 Å².